The number of hydrogen-bond donors (Lipinski definition) is 2. The number of nitrogens with zero attached hydrogens (tertiary/aromatic N) is 1. The fourth-order valence-electron chi connectivity index (χ4n) is 2.77. The summed E-state index contributed by atoms with van der Waals surface area (Å²) >= 11 is 1.04. The Morgan fingerprint density at radius 1 is 1.14 bits per heavy atom. The van der Waals surface area contributed by atoms with Crippen molar-refractivity contribution in [2.24, 2.45) is 0 Å². The number of benzene rings is 1. The molecule has 29 heavy (non-hydrogen) atoms. The van der Waals surface area contributed by atoms with E-state index in [1.807, 2.05) is 5.10 Å². The lowest BCUT2D eigenvalue weighted by Gasteiger charge is -2.19. The molecule has 154 valence electrons. The van der Waals surface area contributed by atoms with E-state index in [4.69, 9.17) is 9.47 Å². The van der Waals surface area contributed by atoms with Gasteiger partial charge in [0, 0.05) is 10.9 Å². The number of alkyl halides is 3. The van der Waals surface area contributed by atoms with Gasteiger partial charge in [0.05, 0.1) is 10.6 Å². The van der Waals surface area contributed by atoms with Crippen LogP contribution in [-0.4, -0.2) is 31.8 Å². The van der Waals surface area contributed by atoms with E-state index in [-0.39, 0.29) is 16.3 Å². The number of sulfonamides is 1. The molecule has 0 unspecified atom stereocenters. The van der Waals surface area contributed by atoms with Gasteiger partial charge < -0.3 is 9.47 Å². The molecule has 4 rings (SSSR count). The Morgan fingerprint density at radius 2 is 1.86 bits per heavy atom. The Bertz CT molecular complexity index is 1170. The summed E-state index contributed by atoms with van der Waals surface area (Å²) in [6, 6.07) is 6.79. The van der Waals surface area contributed by atoms with Crippen molar-refractivity contribution in [2.45, 2.75) is 18.0 Å². The molecule has 2 N–H and O–H groups in total. The van der Waals surface area contributed by atoms with Gasteiger partial charge >= 0.3 is 6.18 Å². The zero-order valence-corrected chi connectivity index (χ0v) is 16.5. The summed E-state index contributed by atoms with van der Waals surface area (Å²) in [5, 5.41) is 5.56. The number of halogens is 3. The molecule has 1 aliphatic heterocycles. The van der Waals surface area contributed by atoms with E-state index in [2.05, 4.69) is 9.82 Å². The minimum atomic E-state index is -4.56. The lowest BCUT2D eigenvalue weighted by Crippen LogP contribution is -2.16. The van der Waals surface area contributed by atoms with Gasteiger partial charge in [-0.25, -0.2) is 8.42 Å². The maximum atomic E-state index is 12.8. The third-order valence-electron chi connectivity index (χ3n) is 4.09. The summed E-state index contributed by atoms with van der Waals surface area (Å²) in [5.74, 6) is 0.947. The summed E-state index contributed by atoms with van der Waals surface area (Å²) < 4.78 is 77.2. The van der Waals surface area contributed by atoms with Crippen LogP contribution in [0.25, 0.3) is 10.6 Å². The predicted molar refractivity (Wildman–Crippen MR) is 99.9 cm³/mol. The average molecular weight is 445 g/mol. The molecule has 0 saturated heterocycles. The molecule has 3 heterocycles. The number of ether oxygens (including phenoxy) is 2. The molecule has 0 radical (unpaired) electrons. The van der Waals surface area contributed by atoms with Crippen molar-refractivity contribution in [3.63, 3.8) is 0 Å². The number of thiophene rings is 1. The van der Waals surface area contributed by atoms with Crippen LogP contribution in [0.4, 0.5) is 18.9 Å². The van der Waals surface area contributed by atoms with E-state index in [1.165, 1.54) is 18.2 Å². The topological polar surface area (TPSA) is 93.3 Å². The van der Waals surface area contributed by atoms with Crippen LogP contribution in [0.5, 0.6) is 11.5 Å². The van der Waals surface area contributed by atoms with Crippen LogP contribution in [0.3, 0.4) is 0 Å². The van der Waals surface area contributed by atoms with Crippen LogP contribution in [0.1, 0.15) is 10.6 Å². The molecule has 0 amide bonds. The molecule has 3 aromatic rings. The summed E-state index contributed by atoms with van der Waals surface area (Å²) in [4.78, 5) is 0.683. The molecule has 0 bridgehead atoms. The molecule has 1 aromatic carbocycles. The number of fused-ring (bicyclic) bond motifs is 1. The molecule has 7 nitrogen and oxygen atoms in total. The van der Waals surface area contributed by atoms with Crippen LogP contribution in [0, 0.1) is 6.92 Å². The highest BCUT2D eigenvalue weighted by atomic mass is 32.2. The maximum Gasteiger partial charge on any atom is 0.432 e. The average Bonchev–Trinajstić information content (AvgIpc) is 3.28. The molecule has 0 saturated carbocycles. The van der Waals surface area contributed by atoms with Crippen LogP contribution >= 0.6 is 11.3 Å². The van der Waals surface area contributed by atoms with Gasteiger partial charge in [0.2, 0.25) is 0 Å². The first-order valence-electron chi connectivity index (χ1n) is 8.29. The second kappa shape index (κ2) is 6.95. The first-order chi connectivity index (χ1) is 13.6. The summed E-state index contributed by atoms with van der Waals surface area (Å²) in [7, 11) is -3.98. The molecule has 12 heteroatoms. The van der Waals surface area contributed by atoms with Crippen molar-refractivity contribution < 1.29 is 31.1 Å². The molecular formula is C17H14F3N3O4S2. The Labute approximate surface area is 167 Å². The van der Waals surface area contributed by atoms with Crippen LogP contribution in [0.2, 0.25) is 0 Å². The molecule has 0 atom stereocenters. The van der Waals surface area contributed by atoms with Gasteiger partial charge in [-0.05, 0) is 31.2 Å². The molecule has 2 aromatic heterocycles. The van der Waals surface area contributed by atoms with Crippen molar-refractivity contribution >= 4 is 27.0 Å². The lowest BCUT2D eigenvalue weighted by molar-refractivity contribution is -0.141. The fraction of sp³-hybridized carbons (Fsp3) is 0.235. The quantitative estimate of drug-likeness (QED) is 0.632. The lowest BCUT2D eigenvalue weighted by atomic mass is 10.3. The summed E-state index contributed by atoms with van der Waals surface area (Å²) in [6.45, 7) is 2.35. The number of hydrogen-bond acceptors (Lipinski definition) is 6. The minimum Gasteiger partial charge on any atom is -0.486 e. The highest BCUT2D eigenvalue weighted by Crippen LogP contribution is 2.37. The molecule has 0 aliphatic carbocycles. The fourth-order valence-corrected chi connectivity index (χ4v) is 5.37. The van der Waals surface area contributed by atoms with Crippen molar-refractivity contribution in [1.82, 2.24) is 10.2 Å². The Balaban J connectivity index is 1.62. The minimum absolute atomic E-state index is 0.0196. The van der Waals surface area contributed by atoms with Crippen LogP contribution in [-0.2, 0) is 16.2 Å². The number of aromatic amines is 1. The smallest absolute Gasteiger partial charge is 0.432 e. The van der Waals surface area contributed by atoms with Gasteiger partial charge in [-0.1, -0.05) is 0 Å². The highest BCUT2D eigenvalue weighted by Gasteiger charge is 2.33. The van der Waals surface area contributed by atoms with Crippen LogP contribution < -0.4 is 14.2 Å². The summed E-state index contributed by atoms with van der Waals surface area (Å²) in [5.41, 5.74) is -0.705. The van der Waals surface area contributed by atoms with E-state index in [1.54, 1.807) is 13.0 Å². The normalized spacial score (nSPS) is 14.1. The number of anilines is 1. The van der Waals surface area contributed by atoms with Gasteiger partial charge in [-0.15, -0.1) is 11.3 Å². The number of rotatable bonds is 4. The predicted octanol–water partition coefficient (Wildman–Crippen LogP) is 4.04. The third kappa shape index (κ3) is 3.90. The first-order valence-corrected chi connectivity index (χ1v) is 10.6. The van der Waals surface area contributed by atoms with Gasteiger partial charge in [0.25, 0.3) is 10.0 Å². The van der Waals surface area contributed by atoms with E-state index < -0.39 is 21.9 Å². The number of aromatic nitrogens is 2. The van der Waals surface area contributed by atoms with E-state index >= 15 is 0 Å². The van der Waals surface area contributed by atoms with Gasteiger partial charge in [0.15, 0.2) is 11.5 Å². The van der Waals surface area contributed by atoms with Gasteiger partial charge in [-0.2, -0.15) is 18.3 Å². The summed E-state index contributed by atoms with van der Waals surface area (Å²) in [6.07, 6.45) is -4.56. The Hall–Kier alpha value is -2.73. The van der Waals surface area contributed by atoms with E-state index in [0.29, 0.717) is 34.5 Å². The van der Waals surface area contributed by atoms with Gasteiger partial charge in [0.1, 0.15) is 29.5 Å². The molecular weight excluding hydrogens is 431 g/mol. The maximum absolute atomic E-state index is 12.8. The monoisotopic (exact) mass is 445 g/mol. The van der Waals surface area contributed by atoms with E-state index in [9.17, 15) is 21.6 Å². The largest absolute Gasteiger partial charge is 0.486 e. The van der Waals surface area contributed by atoms with Crippen molar-refractivity contribution in [1.29, 1.82) is 0 Å². The van der Waals surface area contributed by atoms with Crippen molar-refractivity contribution in [2.75, 3.05) is 17.9 Å². The highest BCUT2D eigenvalue weighted by molar-refractivity contribution is 7.93. The number of H-pyrrole nitrogens is 1. The second-order valence-corrected chi connectivity index (χ2v) is 9.07. The van der Waals surface area contributed by atoms with Crippen molar-refractivity contribution in [3.8, 4) is 22.1 Å². The Morgan fingerprint density at radius 3 is 2.55 bits per heavy atom. The molecule has 1 aliphatic rings. The third-order valence-corrected chi connectivity index (χ3v) is 6.80. The second-order valence-electron chi connectivity index (χ2n) is 6.16. The SMILES string of the molecule is Cc1sc(-c2cc(C(F)(F)F)[nH]n2)cc1S(=O)(=O)Nc1ccc2c(c1)OCCO2. The Kier molecular flexibility index (Phi) is 4.69. The number of aryl methyl sites for hydroxylation is 1. The van der Waals surface area contributed by atoms with E-state index in [0.717, 1.165) is 17.4 Å². The molecule has 0 spiro atoms. The first kappa shape index (κ1) is 19.6. The number of nitrogens with one attached hydrogen (secondary N) is 2. The van der Waals surface area contributed by atoms with Crippen LogP contribution in [0.15, 0.2) is 35.2 Å². The van der Waals surface area contributed by atoms with Crippen molar-refractivity contribution in [3.05, 3.63) is 40.9 Å². The zero-order chi connectivity index (χ0) is 20.8. The van der Waals surface area contributed by atoms with Gasteiger partial charge in [-0.3, -0.25) is 9.82 Å². The standard InChI is InChI=1S/C17H14F3N3O4S2/c1-9-15(8-14(28-9)11-7-16(22-21-11)17(18,19)20)29(24,25)23-10-2-3-12-13(6-10)27-5-4-26-12/h2-3,6-8,23H,4-5H2,1H3,(H,21,22). The zero-order valence-electron chi connectivity index (χ0n) is 14.8. The molecule has 0 fully saturated rings.